The summed E-state index contributed by atoms with van der Waals surface area (Å²) in [6, 6.07) is 3.71. The van der Waals surface area contributed by atoms with Crippen molar-refractivity contribution in [1.82, 2.24) is 9.55 Å². The van der Waals surface area contributed by atoms with Crippen LogP contribution in [0.1, 0.15) is 38.1 Å². The minimum absolute atomic E-state index is 0.194. The summed E-state index contributed by atoms with van der Waals surface area (Å²) in [5.41, 5.74) is 7.64. The second-order valence-corrected chi connectivity index (χ2v) is 6.05. The number of anilines is 1. The van der Waals surface area contributed by atoms with Crippen molar-refractivity contribution in [1.29, 1.82) is 0 Å². The molecular weight excluding hydrogens is 344 g/mol. The lowest BCUT2D eigenvalue weighted by atomic mass is 9.95. The summed E-state index contributed by atoms with van der Waals surface area (Å²) >= 11 is 1.98. The van der Waals surface area contributed by atoms with E-state index in [2.05, 4.69) is 4.98 Å². The molecule has 3 nitrogen and oxygen atoms in total. The SMILES string of the molecule is Nc1nc2cc(I)c(F)cc2n1C1CCCCC1. The van der Waals surface area contributed by atoms with Gasteiger partial charge in [0.1, 0.15) is 5.82 Å². The Bertz CT molecular complexity index is 587. The Morgan fingerprint density at radius 1 is 1.28 bits per heavy atom. The highest BCUT2D eigenvalue weighted by Crippen LogP contribution is 2.34. The van der Waals surface area contributed by atoms with Gasteiger partial charge in [0.2, 0.25) is 5.95 Å². The molecule has 0 spiro atoms. The molecule has 96 valence electrons. The molecular formula is C13H15FIN3. The van der Waals surface area contributed by atoms with E-state index < -0.39 is 0 Å². The Morgan fingerprint density at radius 2 is 2.00 bits per heavy atom. The van der Waals surface area contributed by atoms with Crippen molar-refractivity contribution in [3.8, 4) is 0 Å². The van der Waals surface area contributed by atoms with Crippen molar-refractivity contribution < 1.29 is 4.39 Å². The van der Waals surface area contributed by atoms with Crippen molar-refractivity contribution in [2.24, 2.45) is 0 Å². The van der Waals surface area contributed by atoms with Crippen LogP contribution in [0.3, 0.4) is 0 Å². The second-order valence-electron chi connectivity index (χ2n) is 4.89. The Morgan fingerprint density at radius 3 is 2.72 bits per heavy atom. The van der Waals surface area contributed by atoms with E-state index >= 15 is 0 Å². The van der Waals surface area contributed by atoms with E-state index in [0.29, 0.717) is 15.6 Å². The first-order valence-corrected chi connectivity index (χ1v) is 7.37. The number of aromatic nitrogens is 2. The van der Waals surface area contributed by atoms with Crippen LogP contribution in [-0.2, 0) is 0 Å². The van der Waals surface area contributed by atoms with Crippen LogP contribution in [0, 0.1) is 9.39 Å². The van der Waals surface area contributed by atoms with Crippen LogP contribution in [0.25, 0.3) is 11.0 Å². The molecule has 1 saturated carbocycles. The lowest BCUT2D eigenvalue weighted by molar-refractivity contribution is 0.363. The van der Waals surface area contributed by atoms with Crippen molar-refractivity contribution in [3.63, 3.8) is 0 Å². The number of nitrogen functional groups attached to an aromatic ring is 1. The summed E-state index contributed by atoms with van der Waals surface area (Å²) in [5.74, 6) is 0.318. The topological polar surface area (TPSA) is 43.8 Å². The van der Waals surface area contributed by atoms with Gasteiger partial charge >= 0.3 is 0 Å². The van der Waals surface area contributed by atoms with E-state index in [4.69, 9.17) is 5.73 Å². The molecule has 1 aliphatic rings. The molecule has 2 N–H and O–H groups in total. The van der Waals surface area contributed by atoms with Gasteiger partial charge in [0, 0.05) is 12.1 Å². The van der Waals surface area contributed by atoms with Crippen LogP contribution in [0.15, 0.2) is 12.1 Å². The van der Waals surface area contributed by atoms with Crippen LogP contribution in [0.5, 0.6) is 0 Å². The zero-order valence-electron chi connectivity index (χ0n) is 10.00. The molecule has 18 heavy (non-hydrogen) atoms. The molecule has 1 fully saturated rings. The standard InChI is InChI=1S/C13H15FIN3/c14-9-6-12-11(7-10(9)15)17-13(16)18(12)8-4-2-1-3-5-8/h6-8H,1-5H2,(H2,16,17). The molecule has 1 heterocycles. The fraction of sp³-hybridized carbons (Fsp3) is 0.462. The predicted octanol–water partition coefficient (Wildman–Crippen LogP) is 3.87. The molecule has 0 bridgehead atoms. The van der Waals surface area contributed by atoms with Gasteiger partial charge < -0.3 is 10.3 Å². The summed E-state index contributed by atoms with van der Waals surface area (Å²) in [6.07, 6.45) is 5.95. The lowest BCUT2D eigenvalue weighted by Crippen LogP contribution is -2.15. The van der Waals surface area contributed by atoms with Crippen molar-refractivity contribution >= 4 is 39.6 Å². The minimum atomic E-state index is -0.194. The summed E-state index contributed by atoms with van der Waals surface area (Å²) in [6.45, 7) is 0. The van der Waals surface area contributed by atoms with E-state index in [1.165, 1.54) is 19.3 Å². The molecule has 1 aliphatic carbocycles. The summed E-state index contributed by atoms with van der Waals surface area (Å²) in [7, 11) is 0. The fourth-order valence-corrected chi connectivity index (χ4v) is 3.28. The number of benzene rings is 1. The first kappa shape index (κ1) is 12.2. The Labute approximate surface area is 119 Å². The Balaban J connectivity index is 2.15. The second kappa shape index (κ2) is 4.68. The monoisotopic (exact) mass is 359 g/mol. The fourth-order valence-electron chi connectivity index (χ4n) is 2.83. The molecule has 0 unspecified atom stereocenters. The Hall–Kier alpha value is -0.850. The smallest absolute Gasteiger partial charge is 0.201 e. The van der Waals surface area contributed by atoms with Crippen LogP contribution < -0.4 is 5.73 Å². The van der Waals surface area contributed by atoms with Gasteiger partial charge in [-0.3, -0.25) is 0 Å². The number of hydrogen-bond acceptors (Lipinski definition) is 2. The third-order valence-corrected chi connectivity index (χ3v) is 4.53. The molecule has 0 radical (unpaired) electrons. The van der Waals surface area contributed by atoms with E-state index in [-0.39, 0.29) is 5.82 Å². The van der Waals surface area contributed by atoms with Gasteiger partial charge in [-0.1, -0.05) is 19.3 Å². The molecule has 1 aromatic carbocycles. The number of nitrogens with zero attached hydrogens (tertiary/aromatic N) is 2. The quantitative estimate of drug-likeness (QED) is 0.786. The summed E-state index contributed by atoms with van der Waals surface area (Å²) in [5, 5.41) is 0. The van der Waals surface area contributed by atoms with Gasteiger partial charge in [0.25, 0.3) is 0 Å². The maximum Gasteiger partial charge on any atom is 0.201 e. The van der Waals surface area contributed by atoms with Crippen LogP contribution in [0.4, 0.5) is 10.3 Å². The molecule has 1 aromatic heterocycles. The zero-order valence-corrected chi connectivity index (χ0v) is 12.2. The van der Waals surface area contributed by atoms with Gasteiger partial charge in [-0.25, -0.2) is 9.37 Å². The lowest BCUT2D eigenvalue weighted by Gasteiger charge is -2.24. The van der Waals surface area contributed by atoms with E-state index in [1.54, 1.807) is 12.1 Å². The van der Waals surface area contributed by atoms with Crippen LogP contribution in [-0.4, -0.2) is 9.55 Å². The summed E-state index contributed by atoms with van der Waals surface area (Å²) < 4.78 is 16.3. The number of halogens is 2. The van der Waals surface area contributed by atoms with Gasteiger partial charge in [-0.15, -0.1) is 0 Å². The van der Waals surface area contributed by atoms with Crippen LogP contribution in [0.2, 0.25) is 0 Å². The molecule has 2 aromatic rings. The average Bonchev–Trinajstić information content (AvgIpc) is 2.66. The highest BCUT2D eigenvalue weighted by atomic mass is 127. The first-order valence-electron chi connectivity index (χ1n) is 6.29. The van der Waals surface area contributed by atoms with Gasteiger partial charge in [-0.05, 0) is 41.5 Å². The number of fused-ring (bicyclic) bond motifs is 1. The van der Waals surface area contributed by atoms with E-state index in [0.717, 1.165) is 23.9 Å². The van der Waals surface area contributed by atoms with Crippen LogP contribution >= 0.6 is 22.6 Å². The molecule has 3 rings (SSSR count). The number of imidazole rings is 1. The van der Waals surface area contributed by atoms with E-state index in [9.17, 15) is 4.39 Å². The molecule has 0 aliphatic heterocycles. The maximum atomic E-state index is 13.7. The molecule has 0 atom stereocenters. The largest absolute Gasteiger partial charge is 0.369 e. The van der Waals surface area contributed by atoms with Crippen molar-refractivity contribution in [2.45, 2.75) is 38.1 Å². The number of nitrogens with two attached hydrogens (primary N) is 1. The Kier molecular flexibility index (Phi) is 3.17. The summed E-state index contributed by atoms with van der Waals surface area (Å²) in [4.78, 5) is 4.36. The third-order valence-electron chi connectivity index (χ3n) is 3.70. The first-order chi connectivity index (χ1) is 8.66. The number of rotatable bonds is 1. The molecule has 5 heteroatoms. The minimum Gasteiger partial charge on any atom is -0.369 e. The zero-order chi connectivity index (χ0) is 12.7. The van der Waals surface area contributed by atoms with Gasteiger partial charge in [-0.2, -0.15) is 0 Å². The molecule has 0 amide bonds. The molecule has 0 saturated heterocycles. The maximum absolute atomic E-state index is 13.7. The van der Waals surface area contributed by atoms with Crippen molar-refractivity contribution in [2.75, 3.05) is 5.73 Å². The normalized spacial score (nSPS) is 17.4. The van der Waals surface area contributed by atoms with Gasteiger partial charge in [0.15, 0.2) is 0 Å². The highest BCUT2D eigenvalue weighted by molar-refractivity contribution is 14.1. The number of hydrogen-bond donors (Lipinski definition) is 1. The van der Waals surface area contributed by atoms with Crippen molar-refractivity contribution in [3.05, 3.63) is 21.5 Å². The van der Waals surface area contributed by atoms with Gasteiger partial charge in [0.05, 0.1) is 14.6 Å². The predicted molar refractivity (Wildman–Crippen MR) is 78.9 cm³/mol. The third kappa shape index (κ3) is 1.98. The highest BCUT2D eigenvalue weighted by Gasteiger charge is 2.21. The van der Waals surface area contributed by atoms with E-state index in [1.807, 2.05) is 27.2 Å². The average molecular weight is 359 g/mol.